The quantitative estimate of drug-likeness (QED) is 0.790. The molecule has 0 aliphatic heterocycles. The Hall–Kier alpha value is -0.140. The molecule has 0 aromatic carbocycles. The highest BCUT2D eigenvalue weighted by Crippen LogP contribution is 2.29. The predicted molar refractivity (Wildman–Crippen MR) is 68.3 cm³/mol. The van der Waals surface area contributed by atoms with E-state index < -0.39 is 35.4 Å². The van der Waals surface area contributed by atoms with E-state index in [1.165, 1.54) is 6.26 Å². The van der Waals surface area contributed by atoms with Gasteiger partial charge in [-0.05, 0) is 26.2 Å². The van der Waals surface area contributed by atoms with Crippen LogP contribution in [0.3, 0.4) is 0 Å². The highest BCUT2D eigenvalue weighted by molar-refractivity contribution is 7.93. The van der Waals surface area contributed by atoms with Crippen LogP contribution in [-0.2, 0) is 19.7 Å². The average Bonchev–Trinajstić information content (AvgIpc) is 2.27. The molecular weight excluding hydrogens is 262 g/mol. The molecule has 0 bridgehead atoms. The number of sulfone groups is 2. The summed E-state index contributed by atoms with van der Waals surface area (Å²) < 4.78 is 47.2. The minimum Gasteiger partial charge on any atom is -0.329 e. The van der Waals surface area contributed by atoms with Crippen molar-refractivity contribution in [2.45, 2.75) is 48.4 Å². The first kappa shape index (κ1) is 14.9. The predicted octanol–water partition coefficient (Wildman–Crippen LogP) is 0.104. The normalized spacial score (nSPS) is 28.9. The lowest BCUT2D eigenvalue weighted by atomic mass is 10.00. The van der Waals surface area contributed by atoms with Crippen molar-refractivity contribution in [1.29, 1.82) is 0 Å². The van der Waals surface area contributed by atoms with Gasteiger partial charge in [0, 0.05) is 12.8 Å². The third-order valence-electron chi connectivity index (χ3n) is 3.54. The molecule has 1 aliphatic rings. The Bertz CT molecular complexity index is 455. The molecule has 1 saturated carbocycles. The van der Waals surface area contributed by atoms with E-state index in [1.54, 1.807) is 6.92 Å². The van der Waals surface area contributed by atoms with E-state index in [-0.39, 0.29) is 13.0 Å². The first-order valence-electron chi connectivity index (χ1n) is 5.81. The lowest BCUT2D eigenvalue weighted by molar-refractivity contribution is 0.469. The van der Waals surface area contributed by atoms with E-state index in [1.807, 2.05) is 0 Å². The zero-order valence-electron chi connectivity index (χ0n) is 10.3. The van der Waals surface area contributed by atoms with E-state index in [2.05, 4.69) is 0 Å². The molecule has 0 aromatic rings. The van der Waals surface area contributed by atoms with Crippen molar-refractivity contribution >= 4 is 19.7 Å². The fourth-order valence-corrected chi connectivity index (χ4v) is 5.47. The minimum absolute atomic E-state index is 0.0857. The van der Waals surface area contributed by atoms with Gasteiger partial charge in [-0.25, -0.2) is 16.8 Å². The van der Waals surface area contributed by atoms with E-state index in [4.69, 9.17) is 5.73 Å². The first-order chi connectivity index (χ1) is 7.69. The van der Waals surface area contributed by atoms with Gasteiger partial charge in [0.1, 0.15) is 9.84 Å². The van der Waals surface area contributed by atoms with E-state index in [0.29, 0.717) is 19.3 Å². The zero-order valence-corrected chi connectivity index (χ0v) is 11.9. The first-order valence-corrected chi connectivity index (χ1v) is 9.37. The summed E-state index contributed by atoms with van der Waals surface area (Å²) in [6.07, 6.45) is 3.18. The van der Waals surface area contributed by atoms with Crippen LogP contribution in [-0.4, -0.2) is 45.4 Å². The standard InChI is InChI=1S/C10H21NO4S2/c1-8(7-11)17(14,15)10-5-3-4-9(6-10)16(2,12)13/h8-10H,3-7,11H2,1-2H3. The molecule has 1 aliphatic carbocycles. The summed E-state index contributed by atoms with van der Waals surface area (Å²) in [4.78, 5) is 0. The molecule has 1 fully saturated rings. The van der Waals surface area contributed by atoms with E-state index in [0.717, 1.165) is 0 Å². The second-order valence-electron chi connectivity index (χ2n) is 4.88. The molecule has 0 radical (unpaired) electrons. The number of hydrogen-bond acceptors (Lipinski definition) is 5. The Labute approximate surface area is 104 Å². The fraction of sp³-hybridized carbons (Fsp3) is 1.00. The Balaban J connectivity index is 2.88. The van der Waals surface area contributed by atoms with Gasteiger partial charge in [-0.15, -0.1) is 0 Å². The van der Waals surface area contributed by atoms with Crippen LogP contribution in [0.5, 0.6) is 0 Å². The molecule has 17 heavy (non-hydrogen) atoms. The summed E-state index contributed by atoms with van der Waals surface area (Å²) in [7, 11) is -6.44. The fourth-order valence-electron chi connectivity index (χ4n) is 2.25. The van der Waals surface area contributed by atoms with Crippen molar-refractivity contribution in [2.75, 3.05) is 12.8 Å². The molecule has 2 N–H and O–H groups in total. The smallest absolute Gasteiger partial charge is 0.157 e. The van der Waals surface area contributed by atoms with Gasteiger partial charge in [0.05, 0.1) is 15.7 Å². The van der Waals surface area contributed by atoms with Crippen molar-refractivity contribution in [1.82, 2.24) is 0 Å². The maximum Gasteiger partial charge on any atom is 0.157 e. The second-order valence-corrected chi connectivity index (χ2v) is 9.85. The Morgan fingerprint density at radius 1 is 1.18 bits per heavy atom. The van der Waals surface area contributed by atoms with Crippen molar-refractivity contribution in [3.8, 4) is 0 Å². The monoisotopic (exact) mass is 283 g/mol. The van der Waals surface area contributed by atoms with E-state index >= 15 is 0 Å². The van der Waals surface area contributed by atoms with Crippen LogP contribution in [0.4, 0.5) is 0 Å². The van der Waals surface area contributed by atoms with Gasteiger partial charge in [-0.2, -0.15) is 0 Å². The summed E-state index contributed by atoms with van der Waals surface area (Å²) in [6, 6.07) is 0. The molecule has 0 heterocycles. The molecule has 1 rings (SSSR count). The van der Waals surface area contributed by atoms with Crippen LogP contribution in [0.25, 0.3) is 0 Å². The van der Waals surface area contributed by atoms with Crippen LogP contribution in [0, 0.1) is 0 Å². The van der Waals surface area contributed by atoms with Gasteiger partial charge in [0.25, 0.3) is 0 Å². The molecule has 3 atom stereocenters. The highest BCUT2D eigenvalue weighted by Gasteiger charge is 2.37. The molecular formula is C10H21NO4S2. The number of hydrogen-bond donors (Lipinski definition) is 1. The summed E-state index contributed by atoms with van der Waals surface area (Å²) in [5, 5.41) is -1.65. The van der Waals surface area contributed by atoms with Gasteiger partial charge < -0.3 is 5.73 Å². The molecule has 0 aromatic heterocycles. The average molecular weight is 283 g/mol. The lowest BCUT2D eigenvalue weighted by Gasteiger charge is -2.29. The Morgan fingerprint density at radius 2 is 1.71 bits per heavy atom. The van der Waals surface area contributed by atoms with Crippen molar-refractivity contribution < 1.29 is 16.8 Å². The van der Waals surface area contributed by atoms with Gasteiger partial charge in [-0.3, -0.25) is 0 Å². The van der Waals surface area contributed by atoms with Crippen molar-refractivity contribution in [3.63, 3.8) is 0 Å². The van der Waals surface area contributed by atoms with E-state index in [9.17, 15) is 16.8 Å². The van der Waals surface area contributed by atoms with Gasteiger partial charge >= 0.3 is 0 Å². The third kappa shape index (κ3) is 3.42. The molecule has 3 unspecified atom stereocenters. The molecule has 0 spiro atoms. The summed E-state index contributed by atoms with van der Waals surface area (Å²) >= 11 is 0. The molecule has 102 valence electrons. The maximum absolute atomic E-state index is 12.1. The SMILES string of the molecule is CC(CN)S(=O)(=O)C1CCCC(S(C)(=O)=O)C1. The summed E-state index contributed by atoms with van der Waals surface area (Å²) in [5.41, 5.74) is 5.39. The number of rotatable bonds is 4. The second kappa shape index (κ2) is 5.24. The van der Waals surface area contributed by atoms with Gasteiger partial charge in [0.15, 0.2) is 9.84 Å². The Kier molecular flexibility index (Phi) is 4.60. The van der Waals surface area contributed by atoms with Crippen molar-refractivity contribution in [3.05, 3.63) is 0 Å². The van der Waals surface area contributed by atoms with Crippen LogP contribution >= 0.6 is 0 Å². The third-order valence-corrected chi connectivity index (χ3v) is 7.85. The molecule has 5 nitrogen and oxygen atoms in total. The Morgan fingerprint density at radius 3 is 2.18 bits per heavy atom. The van der Waals surface area contributed by atoms with Crippen LogP contribution in [0.2, 0.25) is 0 Å². The topological polar surface area (TPSA) is 94.3 Å². The molecule has 7 heteroatoms. The highest BCUT2D eigenvalue weighted by atomic mass is 32.2. The van der Waals surface area contributed by atoms with Crippen LogP contribution in [0.1, 0.15) is 32.6 Å². The summed E-state index contributed by atoms with van der Waals surface area (Å²) in [6.45, 7) is 1.67. The molecule has 0 amide bonds. The van der Waals surface area contributed by atoms with Crippen LogP contribution < -0.4 is 5.73 Å². The van der Waals surface area contributed by atoms with Gasteiger partial charge in [-0.1, -0.05) is 6.42 Å². The lowest BCUT2D eigenvalue weighted by Crippen LogP contribution is -2.40. The number of nitrogens with two attached hydrogens (primary N) is 1. The molecule has 0 saturated heterocycles. The largest absolute Gasteiger partial charge is 0.329 e. The zero-order chi connectivity index (χ0) is 13.3. The van der Waals surface area contributed by atoms with Crippen LogP contribution in [0.15, 0.2) is 0 Å². The minimum atomic E-state index is -3.29. The summed E-state index contributed by atoms with van der Waals surface area (Å²) in [5.74, 6) is 0. The maximum atomic E-state index is 12.1. The van der Waals surface area contributed by atoms with Gasteiger partial charge in [0.2, 0.25) is 0 Å². The van der Waals surface area contributed by atoms with Crippen molar-refractivity contribution in [2.24, 2.45) is 5.73 Å².